The van der Waals surface area contributed by atoms with Crippen molar-refractivity contribution in [3.8, 4) is 0 Å². The summed E-state index contributed by atoms with van der Waals surface area (Å²) in [4.78, 5) is 30.7. The lowest BCUT2D eigenvalue weighted by molar-refractivity contribution is -0.130. The van der Waals surface area contributed by atoms with E-state index in [1.807, 2.05) is 0 Å². The first-order valence-electron chi connectivity index (χ1n) is 6.36. The average molecular weight is 297 g/mol. The number of thiazole rings is 1. The number of anilines is 1. The number of carbonyl (C=O) groups excluding carboxylic acids is 2. The van der Waals surface area contributed by atoms with Crippen molar-refractivity contribution in [3.63, 3.8) is 0 Å². The lowest BCUT2D eigenvalue weighted by atomic mass is 10.0. The van der Waals surface area contributed by atoms with Gasteiger partial charge in [0.05, 0.1) is 17.3 Å². The summed E-state index contributed by atoms with van der Waals surface area (Å²) in [5.41, 5.74) is 1.14. The Bertz CT molecular complexity index is 492. The zero-order valence-corrected chi connectivity index (χ0v) is 12.1. The number of carbonyl (C=O) groups is 2. The number of rotatable bonds is 3. The summed E-state index contributed by atoms with van der Waals surface area (Å²) >= 11 is 3.11. The van der Waals surface area contributed by atoms with Crippen molar-refractivity contribution in [1.29, 1.82) is 0 Å². The first kappa shape index (κ1) is 12.9. The van der Waals surface area contributed by atoms with Crippen LogP contribution >= 0.6 is 23.1 Å². The Morgan fingerprint density at radius 2 is 2.21 bits per heavy atom. The number of fused-ring (bicyclic) bond motifs is 1. The number of aromatic nitrogens is 1. The molecule has 5 nitrogen and oxygen atoms in total. The van der Waals surface area contributed by atoms with Crippen molar-refractivity contribution in [2.45, 2.75) is 25.7 Å². The van der Waals surface area contributed by atoms with Gasteiger partial charge in [-0.05, 0) is 25.7 Å². The number of nitrogens with one attached hydrogen (secondary N) is 1. The molecule has 1 aliphatic carbocycles. The van der Waals surface area contributed by atoms with Crippen LogP contribution in [0.2, 0.25) is 0 Å². The average Bonchev–Trinajstić information content (AvgIpc) is 2.95. The van der Waals surface area contributed by atoms with E-state index in [1.54, 1.807) is 28.0 Å². The quantitative estimate of drug-likeness (QED) is 0.918. The normalized spacial score (nSPS) is 18.5. The van der Waals surface area contributed by atoms with Crippen LogP contribution in [0.4, 0.5) is 5.13 Å². The molecule has 19 heavy (non-hydrogen) atoms. The Labute approximate surface area is 119 Å². The van der Waals surface area contributed by atoms with E-state index in [1.165, 1.54) is 17.7 Å². The molecule has 2 heterocycles. The molecule has 0 aromatic carbocycles. The van der Waals surface area contributed by atoms with Gasteiger partial charge in [0.15, 0.2) is 5.13 Å². The topological polar surface area (TPSA) is 62.3 Å². The van der Waals surface area contributed by atoms with Crippen LogP contribution in [-0.2, 0) is 22.4 Å². The summed E-state index contributed by atoms with van der Waals surface area (Å²) in [7, 11) is 0. The van der Waals surface area contributed by atoms with Gasteiger partial charge < -0.3 is 10.2 Å². The van der Waals surface area contributed by atoms with Crippen LogP contribution in [0.25, 0.3) is 0 Å². The minimum atomic E-state index is -0.151. The highest BCUT2D eigenvalue weighted by Crippen LogP contribution is 2.29. The predicted octanol–water partition coefficient (Wildman–Crippen LogP) is 1.49. The second-order valence-electron chi connectivity index (χ2n) is 4.71. The third-order valence-corrected chi connectivity index (χ3v) is 5.27. The molecule has 1 saturated heterocycles. The monoisotopic (exact) mass is 297 g/mol. The molecule has 1 aromatic rings. The second kappa shape index (κ2) is 5.50. The van der Waals surface area contributed by atoms with E-state index in [9.17, 15) is 9.59 Å². The van der Waals surface area contributed by atoms with E-state index < -0.39 is 0 Å². The lowest BCUT2D eigenvalue weighted by Crippen LogP contribution is -2.34. The van der Waals surface area contributed by atoms with Crippen molar-refractivity contribution < 1.29 is 9.59 Å². The number of amides is 2. The van der Waals surface area contributed by atoms with Gasteiger partial charge in [0.1, 0.15) is 6.54 Å². The van der Waals surface area contributed by atoms with Crippen molar-refractivity contribution in [3.05, 3.63) is 10.6 Å². The Kier molecular flexibility index (Phi) is 3.74. The van der Waals surface area contributed by atoms with E-state index in [-0.39, 0.29) is 18.4 Å². The summed E-state index contributed by atoms with van der Waals surface area (Å²) in [6, 6.07) is 0. The molecule has 1 N–H and O–H groups in total. The van der Waals surface area contributed by atoms with Crippen molar-refractivity contribution in [2.75, 3.05) is 23.5 Å². The van der Waals surface area contributed by atoms with Gasteiger partial charge in [-0.2, -0.15) is 0 Å². The molecule has 2 amide bonds. The van der Waals surface area contributed by atoms with Crippen LogP contribution in [-0.4, -0.2) is 39.9 Å². The third-order valence-electron chi connectivity index (χ3n) is 3.25. The van der Waals surface area contributed by atoms with E-state index in [0.29, 0.717) is 16.8 Å². The molecule has 0 saturated carbocycles. The maximum Gasteiger partial charge on any atom is 0.245 e. The molecule has 0 atom stereocenters. The zero-order valence-electron chi connectivity index (χ0n) is 10.5. The Hall–Kier alpha value is -1.08. The van der Waals surface area contributed by atoms with Crippen LogP contribution in [0.5, 0.6) is 0 Å². The van der Waals surface area contributed by atoms with Gasteiger partial charge in [0, 0.05) is 4.88 Å². The molecular weight excluding hydrogens is 282 g/mol. The smallest absolute Gasteiger partial charge is 0.245 e. The fourth-order valence-electron chi connectivity index (χ4n) is 2.28. The maximum absolute atomic E-state index is 11.9. The summed E-state index contributed by atoms with van der Waals surface area (Å²) < 4.78 is 0. The highest BCUT2D eigenvalue weighted by Gasteiger charge is 2.23. The van der Waals surface area contributed by atoms with E-state index in [2.05, 4.69) is 10.3 Å². The van der Waals surface area contributed by atoms with E-state index >= 15 is 0 Å². The molecule has 0 bridgehead atoms. The summed E-state index contributed by atoms with van der Waals surface area (Å²) in [5.74, 6) is 0.986. The Balaban J connectivity index is 1.60. The van der Waals surface area contributed by atoms with Crippen LogP contribution in [0, 0.1) is 0 Å². The molecule has 1 aromatic heterocycles. The summed E-state index contributed by atoms with van der Waals surface area (Å²) in [5, 5.41) is 3.49. The molecule has 0 unspecified atom stereocenters. The number of thioether (sulfide) groups is 1. The first-order chi connectivity index (χ1) is 9.22. The molecule has 0 spiro atoms. The van der Waals surface area contributed by atoms with Crippen LogP contribution < -0.4 is 5.32 Å². The van der Waals surface area contributed by atoms with Gasteiger partial charge in [-0.25, -0.2) is 4.98 Å². The molecule has 2 aliphatic rings. The lowest BCUT2D eigenvalue weighted by Gasteiger charge is -2.12. The summed E-state index contributed by atoms with van der Waals surface area (Å²) in [6.45, 7) is 0.135. The van der Waals surface area contributed by atoms with Gasteiger partial charge >= 0.3 is 0 Å². The van der Waals surface area contributed by atoms with Crippen LogP contribution in [0.15, 0.2) is 0 Å². The van der Waals surface area contributed by atoms with Crippen LogP contribution in [0.1, 0.15) is 23.4 Å². The Morgan fingerprint density at radius 1 is 1.37 bits per heavy atom. The second-order valence-corrected chi connectivity index (χ2v) is 6.75. The fraction of sp³-hybridized carbons (Fsp3) is 0.583. The molecular formula is C12H15N3O2S2. The molecule has 1 aliphatic heterocycles. The van der Waals surface area contributed by atoms with Crippen LogP contribution in [0.3, 0.4) is 0 Å². The number of hydrogen-bond acceptors (Lipinski definition) is 5. The van der Waals surface area contributed by atoms with Crippen molar-refractivity contribution >= 4 is 40.0 Å². The zero-order chi connectivity index (χ0) is 13.2. The Morgan fingerprint density at radius 3 is 2.95 bits per heavy atom. The molecule has 1 fully saturated rings. The minimum absolute atomic E-state index is 0.0404. The predicted molar refractivity (Wildman–Crippen MR) is 76.4 cm³/mol. The highest BCUT2D eigenvalue weighted by atomic mass is 32.2. The van der Waals surface area contributed by atoms with E-state index in [4.69, 9.17) is 0 Å². The van der Waals surface area contributed by atoms with Gasteiger partial charge in [-0.15, -0.1) is 23.1 Å². The van der Waals surface area contributed by atoms with Gasteiger partial charge in [-0.3, -0.25) is 9.59 Å². The van der Waals surface area contributed by atoms with Gasteiger partial charge in [-0.1, -0.05) is 0 Å². The maximum atomic E-state index is 11.9. The number of aryl methyl sites for hydroxylation is 2. The van der Waals surface area contributed by atoms with Gasteiger partial charge in [0.2, 0.25) is 11.8 Å². The molecule has 0 radical (unpaired) electrons. The third kappa shape index (κ3) is 2.92. The highest BCUT2D eigenvalue weighted by molar-refractivity contribution is 8.00. The molecule has 3 rings (SSSR count). The first-order valence-corrected chi connectivity index (χ1v) is 8.33. The van der Waals surface area contributed by atoms with Gasteiger partial charge in [0.25, 0.3) is 0 Å². The number of hydrogen-bond donors (Lipinski definition) is 1. The summed E-state index contributed by atoms with van der Waals surface area (Å²) in [6.07, 6.45) is 4.48. The molecule has 7 heteroatoms. The minimum Gasteiger partial charge on any atom is -0.323 e. The van der Waals surface area contributed by atoms with E-state index in [0.717, 1.165) is 18.5 Å². The largest absolute Gasteiger partial charge is 0.323 e. The molecule has 102 valence electrons. The SMILES string of the molecule is O=C(CN1CSCC1=O)Nc1nc2c(s1)CCCC2. The standard InChI is InChI=1S/C12H15N3O2S2/c16-10(5-15-7-18-6-11(15)17)14-12-13-8-3-1-2-4-9(8)19-12/h1-7H2,(H,13,14,16). The van der Waals surface area contributed by atoms with Crippen molar-refractivity contribution in [2.24, 2.45) is 0 Å². The fourth-order valence-corrected chi connectivity index (χ4v) is 4.25. The number of nitrogens with zero attached hydrogens (tertiary/aromatic N) is 2. The van der Waals surface area contributed by atoms with Crippen molar-refractivity contribution in [1.82, 2.24) is 9.88 Å².